The van der Waals surface area contributed by atoms with E-state index >= 15 is 0 Å². The Bertz CT molecular complexity index is 151. The van der Waals surface area contributed by atoms with E-state index in [-0.39, 0.29) is 0 Å². The van der Waals surface area contributed by atoms with Crippen LogP contribution >= 0.6 is 0 Å². The summed E-state index contributed by atoms with van der Waals surface area (Å²) in [4.78, 5) is 2.26. The quantitative estimate of drug-likeness (QED) is 0.681. The van der Waals surface area contributed by atoms with Gasteiger partial charge in [-0.3, -0.25) is 0 Å². The Labute approximate surface area is 95.4 Å². The van der Waals surface area contributed by atoms with Crippen LogP contribution in [0.5, 0.6) is 0 Å². The van der Waals surface area contributed by atoms with E-state index in [0.29, 0.717) is 0 Å². The maximum Gasteiger partial charge on any atom is 0.00670 e. The summed E-state index contributed by atoms with van der Waals surface area (Å²) >= 11 is 0. The standard InChI is InChI=1S/C13H28N2/c1-12(13-8-5-4-6-9-13)14-10-7-11-15(2)3/h12-14H,4-11H2,1-3H3/t12-/m0/s1. The van der Waals surface area contributed by atoms with Crippen LogP contribution in [0.3, 0.4) is 0 Å². The molecule has 0 aliphatic heterocycles. The molecule has 0 heterocycles. The minimum absolute atomic E-state index is 0.729. The molecule has 1 fully saturated rings. The van der Waals surface area contributed by atoms with Crippen molar-refractivity contribution in [1.82, 2.24) is 10.2 Å². The average molecular weight is 212 g/mol. The first-order valence-corrected chi connectivity index (χ1v) is 6.58. The third-order valence-corrected chi connectivity index (χ3v) is 3.61. The van der Waals surface area contributed by atoms with E-state index in [1.54, 1.807) is 0 Å². The smallest absolute Gasteiger partial charge is 0.00670 e. The van der Waals surface area contributed by atoms with Gasteiger partial charge in [0.15, 0.2) is 0 Å². The minimum Gasteiger partial charge on any atom is -0.314 e. The molecule has 0 spiro atoms. The first-order chi connectivity index (χ1) is 7.20. The summed E-state index contributed by atoms with van der Waals surface area (Å²) in [6.07, 6.45) is 8.53. The first kappa shape index (κ1) is 13.0. The van der Waals surface area contributed by atoms with Crippen molar-refractivity contribution in [2.45, 2.75) is 51.5 Å². The van der Waals surface area contributed by atoms with E-state index in [2.05, 4.69) is 31.2 Å². The first-order valence-electron chi connectivity index (χ1n) is 6.58. The van der Waals surface area contributed by atoms with Gasteiger partial charge in [0, 0.05) is 6.04 Å². The Morgan fingerprint density at radius 1 is 1.20 bits per heavy atom. The summed E-state index contributed by atoms with van der Waals surface area (Å²) in [5, 5.41) is 3.68. The van der Waals surface area contributed by atoms with Gasteiger partial charge in [0.1, 0.15) is 0 Å². The molecule has 0 aromatic rings. The number of rotatable bonds is 6. The highest BCUT2D eigenvalue weighted by Gasteiger charge is 2.18. The second-order valence-corrected chi connectivity index (χ2v) is 5.30. The fourth-order valence-electron chi connectivity index (χ4n) is 2.53. The molecule has 1 saturated carbocycles. The van der Waals surface area contributed by atoms with Crippen LogP contribution in [0.25, 0.3) is 0 Å². The van der Waals surface area contributed by atoms with Crippen molar-refractivity contribution in [3.8, 4) is 0 Å². The van der Waals surface area contributed by atoms with Crippen LogP contribution in [0.15, 0.2) is 0 Å². The molecule has 0 unspecified atom stereocenters. The predicted molar refractivity (Wildman–Crippen MR) is 67.2 cm³/mol. The monoisotopic (exact) mass is 212 g/mol. The van der Waals surface area contributed by atoms with Crippen molar-refractivity contribution < 1.29 is 0 Å². The van der Waals surface area contributed by atoms with E-state index in [0.717, 1.165) is 12.0 Å². The zero-order chi connectivity index (χ0) is 11.1. The predicted octanol–water partition coefficient (Wildman–Crippen LogP) is 2.50. The molecule has 0 radical (unpaired) electrons. The van der Waals surface area contributed by atoms with E-state index in [1.165, 1.54) is 51.6 Å². The molecule has 1 aliphatic carbocycles. The third-order valence-electron chi connectivity index (χ3n) is 3.61. The molecule has 15 heavy (non-hydrogen) atoms. The Morgan fingerprint density at radius 3 is 2.47 bits per heavy atom. The third kappa shape index (κ3) is 5.53. The van der Waals surface area contributed by atoms with Crippen LogP contribution in [0.1, 0.15) is 45.4 Å². The Kier molecular flexibility index (Phi) is 6.26. The molecule has 1 atom stereocenters. The van der Waals surface area contributed by atoms with Gasteiger partial charge in [0.05, 0.1) is 0 Å². The molecular weight excluding hydrogens is 184 g/mol. The van der Waals surface area contributed by atoms with Gasteiger partial charge >= 0.3 is 0 Å². The number of nitrogens with one attached hydrogen (secondary N) is 1. The largest absolute Gasteiger partial charge is 0.314 e. The highest BCUT2D eigenvalue weighted by molar-refractivity contribution is 4.75. The van der Waals surface area contributed by atoms with Crippen LogP contribution in [-0.2, 0) is 0 Å². The Balaban J connectivity index is 2.04. The summed E-state index contributed by atoms with van der Waals surface area (Å²) < 4.78 is 0. The van der Waals surface area contributed by atoms with Crippen molar-refractivity contribution in [3.63, 3.8) is 0 Å². The van der Waals surface area contributed by atoms with Crippen molar-refractivity contribution in [3.05, 3.63) is 0 Å². The van der Waals surface area contributed by atoms with Gasteiger partial charge in [-0.05, 0) is 59.3 Å². The van der Waals surface area contributed by atoms with Gasteiger partial charge < -0.3 is 10.2 Å². The zero-order valence-electron chi connectivity index (χ0n) is 10.8. The second kappa shape index (κ2) is 7.24. The Morgan fingerprint density at radius 2 is 1.87 bits per heavy atom. The molecule has 2 heteroatoms. The van der Waals surface area contributed by atoms with Crippen molar-refractivity contribution in [2.75, 3.05) is 27.2 Å². The van der Waals surface area contributed by atoms with Gasteiger partial charge in [-0.15, -0.1) is 0 Å². The van der Waals surface area contributed by atoms with E-state index < -0.39 is 0 Å². The van der Waals surface area contributed by atoms with E-state index in [9.17, 15) is 0 Å². The summed E-state index contributed by atoms with van der Waals surface area (Å²) in [7, 11) is 4.29. The molecule has 1 N–H and O–H groups in total. The summed E-state index contributed by atoms with van der Waals surface area (Å²) in [6.45, 7) is 4.74. The lowest BCUT2D eigenvalue weighted by molar-refractivity contribution is 0.277. The summed E-state index contributed by atoms with van der Waals surface area (Å²) in [5.41, 5.74) is 0. The van der Waals surface area contributed by atoms with Gasteiger partial charge in [0.2, 0.25) is 0 Å². The maximum atomic E-state index is 3.68. The van der Waals surface area contributed by atoms with Crippen molar-refractivity contribution >= 4 is 0 Å². The molecule has 1 aliphatic rings. The van der Waals surface area contributed by atoms with Gasteiger partial charge in [-0.2, -0.15) is 0 Å². The normalized spacial score (nSPS) is 20.8. The fraction of sp³-hybridized carbons (Fsp3) is 1.00. The molecule has 0 bridgehead atoms. The van der Waals surface area contributed by atoms with Crippen molar-refractivity contribution in [2.24, 2.45) is 5.92 Å². The Hall–Kier alpha value is -0.0800. The molecular formula is C13H28N2. The van der Waals surface area contributed by atoms with Gasteiger partial charge in [-0.1, -0.05) is 19.3 Å². The zero-order valence-corrected chi connectivity index (χ0v) is 10.8. The topological polar surface area (TPSA) is 15.3 Å². The van der Waals surface area contributed by atoms with Crippen molar-refractivity contribution in [1.29, 1.82) is 0 Å². The lowest BCUT2D eigenvalue weighted by atomic mass is 9.84. The summed E-state index contributed by atoms with van der Waals surface area (Å²) in [5.74, 6) is 0.943. The maximum absolute atomic E-state index is 3.68. The molecule has 90 valence electrons. The van der Waals surface area contributed by atoms with Crippen LogP contribution in [0.4, 0.5) is 0 Å². The molecule has 0 amide bonds. The highest BCUT2D eigenvalue weighted by Crippen LogP contribution is 2.26. The van der Waals surface area contributed by atoms with E-state index in [4.69, 9.17) is 0 Å². The van der Waals surface area contributed by atoms with Crippen LogP contribution in [0.2, 0.25) is 0 Å². The van der Waals surface area contributed by atoms with Crippen LogP contribution in [-0.4, -0.2) is 38.1 Å². The van der Waals surface area contributed by atoms with Crippen LogP contribution in [0, 0.1) is 5.92 Å². The van der Waals surface area contributed by atoms with Crippen LogP contribution < -0.4 is 5.32 Å². The average Bonchev–Trinajstić information content (AvgIpc) is 2.25. The number of nitrogens with zero attached hydrogens (tertiary/aromatic N) is 1. The highest BCUT2D eigenvalue weighted by atomic mass is 15.1. The number of hydrogen-bond acceptors (Lipinski definition) is 2. The molecule has 0 aromatic heterocycles. The fourth-order valence-corrected chi connectivity index (χ4v) is 2.53. The van der Waals surface area contributed by atoms with Gasteiger partial charge in [0.25, 0.3) is 0 Å². The molecule has 2 nitrogen and oxygen atoms in total. The number of hydrogen-bond donors (Lipinski definition) is 1. The SMILES string of the molecule is C[C@H](NCCCN(C)C)C1CCCCC1. The van der Waals surface area contributed by atoms with Gasteiger partial charge in [-0.25, -0.2) is 0 Å². The lowest BCUT2D eigenvalue weighted by Crippen LogP contribution is -2.36. The molecule has 0 aromatic carbocycles. The van der Waals surface area contributed by atoms with E-state index in [1.807, 2.05) is 0 Å². The molecule has 1 rings (SSSR count). The lowest BCUT2D eigenvalue weighted by Gasteiger charge is -2.28. The molecule has 0 saturated heterocycles. The minimum atomic E-state index is 0.729. The second-order valence-electron chi connectivity index (χ2n) is 5.30. The summed E-state index contributed by atoms with van der Waals surface area (Å²) in [6, 6.07) is 0.729.